The topological polar surface area (TPSA) is 38.0 Å². The van der Waals surface area contributed by atoms with Gasteiger partial charge in [0.1, 0.15) is 0 Å². The number of nitrogens with one attached hydrogen (secondary N) is 1. The number of hydrogen-bond acceptors (Lipinski definition) is 2. The maximum atomic E-state index is 11.8. The summed E-state index contributed by atoms with van der Waals surface area (Å²) in [6, 6.07) is 5.07. The van der Waals surface area contributed by atoms with Crippen molar-refractivity contribution in [3.8, 4) is 0 Å². The molecular weight excluding hydrogens is 210 g/mol. The number of benzene rings is 1. The largest absolute Gasteiger partial charge is 0.398 e. The van der Waals surface area contributed by atoms with Crippen LogP contribution in [-0.4, -0.2) is 13.0 Å². The molecule has 0 aliphatic heterocycles. The van der Waals surface area contributed by atoms with Gasteiger partial charge < -0.3 is 11.1 Å². The molecule has 5 heteroatoms. The van der Waals surface area contributed by atoms with E-state index in [4.69, 9.17) is 17.3 Å². The fourth-order valence-corrected chi connectivity index (χ4v) is 1.21. The summed E-state index contributed by atoms with van der Waals surface area (Å²) in [5.74, 6) is 0. The normalized spacial score (nSPS) is 10.9. The SMILES string of the molecule is Nc1ccc(CNCC(F)F)cc1Cl. The molecule has 1 rings (SSSR count). The first-order valence-corrected chi connectivity index (χ1v) is 4.50. The molecule has 0 aliphatic carbocycles. The monoisotopic (exact) mass is 220 g/mol. The van der Waals surface area contributed by atoms with Gasteiger partial charge in [-0.05, 0) is 17.7 Å². The van der Waals surface area contributed by atoms with E-state index < -0.39 is 6.43 Å². The van der Waals surface area contributed by atoms with Crippen molar-refractivity contribution in [1.29, 1.82) is 0 Å². The molecule has 78 valence electrons. The predicted octanol–water partition coefficient (Wildman–Crippen LogP) is 2.28. The Hall–Kier alpha value is -0.870. The summed E-state index contributed by atoms with van der Waals surface area (Å²) in [5, 5.41) is 3.04. The second-order valence-electron chi connectivity index (χ2n) is 2.88. The third kappa shape index (κ3) is 3.47. The quantitative estimate of drug-likeness (QED) is 0.764. The van der Waals surface area contributed by atoms with Crippen molar-refractivity contribution >= 4 is 17.3 Å². The fraction of sp³-hybridized carbons (Fsp3) is 0.333. The summed E-state index contributed by atoms with van der Waals surface area (Å²) < 4.78 is 23.5. The Balaban J connectivity index is 2.47. The van der Waals surface area contributed by atoms with E-state index in [1.807, 2.05) is 0 Å². The minimum Gasteiger partial charge on any atom is -0.398 e. The summed E-state index contributed by atoms with van der Waals surface area (Å²) in [6.07, 6.45) is -2.33. The van der Waals surface area contributed by atoms with E-state index in [0.29, 0.717) is 17.3 Å². The van der Waals surface area contributed by atoms with Crippen LogP contribution in [0.25, 0.3) is 0 Å². The lowest BCUT2D eigenvalue weighted by atomic mass is 10.2. The Labute approximate surface area is 86.1 Å². The van der Waals surface area contributed by atoms with Crippen molar-refractivity contribution < 1.29 is 8.78 Å². The summed E-state index contributed by atoms with van der Waals surface area (Å²) >= 11 is 5.75. The highest BCUT2D eigenvalue weighted by atomic mass is 35.5. The molecule has 0 unspecified atom stereocenters. The van der Waals surface area contributed by atoms with E-state index in [1.54, 1.807) is 18.2 Å². The van der Waals surface area contributed by atoms with Gasteiger partial charge in [-0.25, -0.2) is 8.78 Å². The van der Waals surface area contributed by atoms with Crippen molar-refractivity contribution in [1.82, 2.24) is 5.32 Å². The lowest BCUT2D eigenvalue weighted by Gasteiger charge is -2.05. The average molecular weight is 221 g/mol. The number of rotatable bonds is 4. The van der Waals surface area contributed by atoms with Crippen LogP contribution in [0.1, 0.15) is 5.56 Å². The first-order valence-electron chi connectivity index (χ1n) is 4.12. The second kappa shape index (κ2) is 5.12. The standard InChI is InChI=1S/C9H11ClF2N2/c10-7-3-6(1-2-8(7)13)4-14-5-9(11)12/h1-3,9,14H,4-5,13H2. The third-order valence-electron chi connectivity index (χ3n) is 1.69. The molecule has 0 saturated heterocycles. The van der Waals surface area contributed by atoms with Crippen LogP contribution in [0.4, 0.5) is 14.5 Å². The molecule has 0 aliphatic rings. The summed E-state index contributed by atoms with van der Waals surface area (Å²) in [4.78, 5) is 0. The molecule has 0 atom stereocenters. The number of halogens is 3. The Morgan fingerprint density at radius 3 is 2.71 bits per heavy atom. The predicted molar refractivity (Wildman–Crippen MR) is 53.6 cm³/mol. The maximum Gasteiger partial charge on any atom is 0.250 e. The maximum absolute atomic E-state index is 11.8. The minimum absolute atomic E-state index is 0.317. The van der Waals surface area contributed by atoms with Crippen molar-refractivity contribution in [2.75, 3.05) is 12.3 Å². The van der Waals surface area contributed by atoms with Crippen LogP contribution >= 0.6 is 11.6 Å². The molecular formula is C9H11ClF2N2. The minimum atomic E-state index is -2.33. The van der Waals surface area contributed by atoms with Gasteiger partial charge in [0.2, 0.25) is 0 Å². The van der Waals surface area contributed by atoms with Crippen LogP contribution in [0.5, 0.6) is 0 Å². The number of nitrogens with two attached hydrogens (primary N) is 1. The molecule has 0 aromatic heterocycles. The summed E-state index contributed by atoms with van der Waals surface area (Å²) in [7, 11) is 0. The van der Waals surface area contributed by atoms with Gasteiger partial charge >= 0.3 is 0 Å². The number of anilines is 1. The highest BCUT2D eigenvalue weighted by Gasteiger charge is 2.02. The number of nitrogen functional groups attached to an aromatic ring is 1. The van der Waals surface area contributed by atoms with E-state index in [9.17, 15) is 8.78 Å². The first kappa shape index (κ1) is 11.2. The second-order valence-corrected chi connectivity index (χ2v) is 3.29. The zero-order valence-electron chi connectivity index (χ0n) is 7.43. The summed E-state index contributed by atoms with van der Waals surface area (Å²) in [6.45, 7) is 0.0480. The van der Waals surface area contributed by atoms with Gasteiger partial charge in [0, 0.05) is 6.54 Å². The van der Waals surface area contributed by atoms with E-state index in [2.05, 4.69) is 5.32 Å². The number of alkyl halides is 2. The average Bonchev–Trinajstić information content (AvgIpc) is 2.10. The lowest BCUT2D eigenvalue weighted by molar-refractivity contribution is 0.145. The molecule has 14 heavy (non-hydrogen) atoms. The Kier molecular flexibility index (Phi) is 4.10. The molecule has 0 bridgehead atoms. The van der Waals surface area contributed by atoms with Gasteiger partial charge in [-0.2, -0.15) is 0 Å². The molecule has 0 radical (unpaired) electrons. The molecule has 0 fully saturated rings. The van der Waals surface area contributed by atoms with Gasteiger partial charge in [-0.15, -0.1) is 0 Å². The first-order chi connectivity index (χ1) is 6.59. The Morgan fingerprint density at radius 1 is 1.43 bits per heavy atom. The molecule has 1 aromatic carbocycles. The van der Waals surface area contributed by atoms with E-state index >= 15 is 0 Å². The fourth-order valence-electron chi connectivity index (χ4n) is 1.01. The molecule has 2 nitrogen and oxygen atoms in total. The van der Waals surface area contributed by atoms with Crippen LogP contribution < -0.4 is 11.1 Å². The molecule has 3 N–H and O–H groups in total. The van der Waals surface area contributed by atoms with Crippen LogP contribution in [0, 0.1) is 0 Å². The van der Waals surface area contributed by atoms with Crippen LogP contribution in [0.15, 0.2) is 18.2 Å². The van der Waals surface area contributed by atoms with Gasteiger partial charge in [-0.3, -0.25) is 0 Å². The van der Waals surface area contributed by atoms with Crippen LogP contribution in [-0.2, 0) is 6.54 Å². The smallest absolute Gasteiger partial charge is 0.250 e. The zero-order valence-corrected chi connectivity index (χ0v) is 8.19. The van der Waals surface area contributed by atoms with Crippen LogP contribution in [0.2, 0.25) is 5.02 Å². The number of hydrogen-bond donors (Lipinski definition) is 2. The van der Waals surface area contributed by atoms with Crippen molar-refractivity contribution in [2.45, 2.75) is 13.0 Å². The van der Waals surface area contributed by atoms with Gasteiger partial charge in [-0.1, -0.05) is 17.7 Å². The Bertz CT molecular complexity index is 305. The van der Waals surface area contributed by atoms with Gasteiger partial charge in [0.25, 0.3) is 6.43 Å². The third-order valence-corrected chi connectivity index (χ3v) is 2.02. The zero-order chi connectivity index (χ0) is 10.6. The lowest BCUT2D eigenvalue weighted by Crippen LogP contribution is -2.20. The van der Waals surface area contributed by atoms with E-state index in [1.165, 1.54) is 0 Å². The van der Waals surface area contributed by atoms with E-state index in [0.717, 1.165) is 5.56 Å². The van der Waals surface area contributed by atoms with E-state index in [-0.39, 0.29) is 6.54 Å². The van der Waals surface area contributed by atoms with Gasteiger partial charge in [0.05, 0.1) is 17.3 Å². The van der Waals surface area contributed by atoms with Crippen LogP contribution in [0.3, 0.4) is 0 Å². The highest BCUT2D eigenvalue weighted by Crippen LogP contribution is 2.19. The van der Waals surface area contributed by atoms with Crippen molar-refractivity contribution in [3.63, 3.8) is 0 Å². The molecule has 0 spiro atoms. The highest BCUT2D eigenvalue weighted by molar-refractivity contribution is 6.33. The molecule has 0 saturated carbocycles. The molecule has 0 heterocycles. The van der Waals surface area contributed by atoms with Crippen molar-refractivity contribution in [2.24, 2.45) is 0 Å². The molecule has 0 amide bonds. The summed E-state index contributed by atoms with van der Waals surface area (Å²) in [5.41, 5.74) is 6.82. The Morgan fingerprint density at radius 2 is 2.14 bits per heavy atom. The molecule has 1 aromatic rings. The van der Waals surface area contributed by atoms with Gasteiger partial charge in [0.15, 0.2) is 0 Å². The van der Waals surface area contributed by atoms with Crippen molar-refractivity contribution in [3.05, 3.63) is 28.8 Å².